The van der Waals surface area contributed by atoms with Crippen molar-refractivity contribution >= 4 is 33.4 Å². The maximum Gasteiger partial charge on any atom is 0.270 e. The Balaban J connectivity index is 1.37. The van der Waals surface area contributed by atoms with Crippen molar-refractivity contribution in [2.45, 2.75) is 38.8 Å². The Morgan fingerprint density at radius 1 is 1.06 bits per heavy atom. The number of fused-ring (bicyclic) bond motifs is 1. The van der Waals surface area contributed by atoms with Crippen LogP contribution in [0.15, 0.2) is 35.1 Å². The van der Waals surface area contributed by atoms with Gasteiger partial charge < -0.3 is 14.8 Å². The van der Waals surface area contributed by atoms with Crippen LogP contribution in [0, 0.1) is 5.92 Å². The number of amides is 2. The molecule has 0 bridgehead atoms. The molecule has 3 heterocycles. The summed E-state index contributed by atoms with van der Waals surface area (Å²) < 4.78 is 27.1. The predicted octanol–water partition coefficient (Wildman–Crippen LogP) is 1.88. The Morgan fingerprint density at radius 3 is 2.47 bits per heavy atom. The van der Waals surface area contributed by atoms with E-state index in [-0.39, 0.29) is 43.4 Å². The van der Waals surface area contributed by atoms with Crippen molar-refractivity contribution in [3.63, 3.8) is 0 Å². The zero-order valence-electron chi connectivity index (χ0n) is 19.9. The molecule has 9 nitrogen and oxygen atoms in total. The zero-order valence-corrected chi connectivity index (χ0v) is 21.5. The van der Waals surface area contributed by atoms with E-state index in [0.717, 1.165) is 18.4 Å². The molecule has 11 heteroatoms. The Hall–Kier alpha value is -2.69. The van der Waals surface area contributed by atoms with Gasteiger partial charge in [-0.3, -0.25) is 14.4 Å². The van der Waals surface area contributed by atoms with Crippen LogP contribution in [0.3, 0.4) is 0 Å². The van der Waals surface area contributed by atoms with Gasteiger partial charge in [0.25, 0.3) is 17.4 Å². The zero-order chi connectivity index (χ0) is 25.4. The van der Waals surface area contributed by atoms with Crippen molar-refractivity contribution < 1.29 is 18.0 Å². The van der Waals surface area contributed by atoms with E-state index in [9.17, 15) is 22.8 Å². The second-order valence-corrected chi connectivity index (χ2v) is 12.2. The van der Waals surface area contributed by atoms with Crippen LogP contribution in [0.25, 0.3) is 0 Å². The molecule has 2 amide bonds. The topological polar surface area (TPSA) is 109 Å². The van der Waals surface area contributed by atoms with Gasteiger partial charge in [0.2, 0.25) is 10.0 Å². The molecule has 0 unspecified atom stereocenters. The fourth-order valence-corrected chi connectivity index (χ4v) is 6.53. The molecule has 2 fully saturated rings. The van der Waals surface area contributed by atoms with E-state index in [0.29, 0.717) is 48.1 Å². The fraction of sp³-hybridized carbons (Fsp3) is 0.480. The first-order valence-electron chi connectivity index (χ1n) is 12.3. The molecule has 192 valence electrons. The van der Waals surface area contributed by atoms with Gasteiger partial charge in [-0.05, 0) is 60.9 Å². The Kier molecular flexibility index (Phi) is 6.93. The highest BCUT2D eigenvalue weighted by molar-refractivity contribution is 7.89. The predicted molar refractivity (Wildman–Crippen MR) is 136 cm³/mol. The lowest BCUT2D eigenvalue weighted by molar-refractivity contribution is 0.0689. The van der Waals surface area contributed by atoms with Gasteiger partial charge in [0.05, 0.1) is 5.75 Å². The number of nitrogens with zero attached hydrogens (tertiary/aromatic N) is 3. The molecule has 36 heavy (non-hydrogen) atoms. The molecule has 5 rings (SSSR count). The number of benzene rings is 1. The summed E-state index contributed by atoms with van der Waals surface area (Å²) in [6.07, 6.45) is 3.35. The van der Waals surface area contributed by atoms with E-state index in [2.05, 4.69) is 5.32 Å². The van der Waals surface area contributed by atoms with E-state index in [1.54, 1.807) is 23.1 Å². The minimum absolute atomic E-state index is 0.0350. The van der Waals surface area contributed by atoms with Gasteiger partial charge in [-0.1, -0.05) is 23.7 Å². The van der Waals surface area contributed by atoms with E-state index < -0.39 is 21.5 Å². The maximum absolute atomic E-state index is 13.5. The van der Waals surface area contributed by atoms with Crippen LogP contribution in [0.1, 0.15) is 51.2 Å². The third-order valence-corrected chi connectivity index (χ3v) is 9.30. The lowest BCUT2D eigenvalue weighted by atomic mass is 10.0. The molecule has 1 aromatic heterocycles. The van der Waals surface area contributed by atoms with Gasteiger partial charge in [0.1, 0.15) is 11.3 Å². The molecule has 0 atom stereocenters. The van der Waals surface area contributed by atoms with E-state index >= 15 is 0 Å². The van der Waals surface area contributed by atoms with Crippen molar-refractivity contribution in [2.24, 2.45) is 5.92 Å². The summed E-state index contributed by atoms with van der Waals surface area (Å²) in [4.78, 5) is 41.4. The minimum atomic E-state index is -3.24. The minimum Gasteiger partial charge on any atom is -0.348 e. The molecular formula is C25H29ClN4O5S. The van der Waals surface area contributed by atoms with Crippen LogP contribution in [-0.4, -0.2) is 65.9 Å². The third kappa shape index (κ3) is 5.21. The quantitative estimate of drug-likeness (QED) is 0.558. The Bertz CT molecular complexity index is 1350. The molecule has 1 saturated carbocycles. The first kappa shape index (κ1) is 25.0. The summed E-state index contributed by atoms with van der Waals surface area (Å²) in [5.41, 5.74) is 1.45. The summed E-state index contributed by atoms with van der Waals surface area (Å²) in [6, 6.07) is 8.67. The molecule has 1 aliphatic carbocycles. The summed E-state index contributed by atoms with van der Waals surface area (Å²) in [7, 11) is -3.24. The van der Waals surface area contributed by atoms with Gasteiger partial charge in [0.15, 0.2) is 0 Å². The lowest BCUT2D eigenvalue weighted by Gasteiger charge is -2.32. The van der Waals surface area contributed by atoms with Crippen LogP contribution in [-0.2, 0) is 29.5 Å². The first-order chi connectivity index (χ1) is 17.2. The molecule has 2 aliphatic heterocycles. The van der Waals surface area contributed by atoms with Crippen molar-refractivity contribution in [3.8, 4) is 0 Å². The normalized spacial score (nSPS) is 19.4. The molecule has 3 aliphatic rings. The van der Waals surface area contributed by atoms with Gasteiger partial charge in [0, 0.05) is 44.3 Å². The van der Waals surface area contributed by atoms with Crippen molar-refractivity contribution in [3.05, 3.63) is 68.1 Å². The number of pyridine rings is 1. The van der Waals surface area contributed by atoms with Gasteiger partial charge >= 0.3 is 0 Å². The molecule has 1 saturated heterocycles. The van der Waals surface area contributed by atoms with Crippen LogP contribution in [0.2, 0.25) is 5.02 Å². The van der Waals surface area contributed by atoms with Crippen LogP contribution < -0.4 is 10.9 Å². The summed E-state index contributed by atoms with van der Waals surface area (Å²) in [6.45, 7) is 1.81. The summed E-state index contributed by atoms with van der Waals surface area (Å²) >= 11 is 5.92. The summed E-state index contributed by atoms with van der Waals surface area (Å²) in [5, 5.41) is 3.41. The van der Waals surface area contributed by atoms with Crippen molar-refractivity contribution in [1.29, 1.82) is 0 Å². The van der Waals surface area contributed by atoms with E-state index in [1.807, 2.05) is 12.1 Å². The van der Waals surface area contributed by atoms with Gasteiger partial charge in [-0.2, -0.15) is 0 Å². The molecular weight excluding hydrogens is 504 g/mol. The van der Waals surface area contributed by atoms with Crippen molar-refractivity contribution in [1.82, 2.24) is 19.1 Å². The molecule has 0 radical (unpaired) electrons. The monoisotopic (exact) mass is 532 g/mol. The number of hydrogen-bond acceptors (Lipinski definition) is 5. The molecule has 0 spiro atoms. The van der Waals surface area contributed by atoms with Gasteiger partial charge in [-0.15, -0.1) is 0 Å². The van der Waals surface area contributed by atoms with Crippen molar-refractivity contribution in [2.75, 3.05) is 31.9 Å². The number of nitrogens with one attached hydrogen (secondary N) is 1. The number of carbonyl (C=O) groups excluding carboxylic acids is 2. The standard InChI is InChI=1S/C25H29ClN4O5S/c26-20-6-4-18(5-7-20)16-27-23(31)21-15-19(14-17-2-3-17)22-25(33)28(10-12-30(22)24(21)32)9-11-29-8-1-13-36(29,34)35/h4-7,15,17H,1-3,8-14,16H2,(H,27,31). The number of rotatable bonds is 8. The second-order valence-electron chi connectivity index (χ2n) is 9.71. The Morgan fingerprint density at radius 2 is 1.81 bits per heavy atom. The maximum atomic E-state index is 13.5. The lowest BCUT2D eigenvalue weighted by Crippen LogP contribution is -2.49. The van der Waals surface area contributed by atoms with Gasteiger partial charge in [-0.25, -0.2) is 12.7 Å². The Labute approximate surface area is 215 Å². The highest BCUT2D eigenvalue weighted by Gasteiger charge is 2.34. The largest absolute Gasteiger partial charge is 0.348 e. The molecule has 1 N–H and O–H groups in total. The fourth-order valence-electron chi connectivity index (χ4n) is 4.88. The number of halogens is 1. The van der Waals surface area contributed by atoms with Crippen LogP contribution >= 0.6 is 11.6 Å². The second kappa shape index (κ2) is 9.99. The summed E-state index contributed by atoms with van der Waals surface area (Å²) in [5.74, 6) is -0.168. The van der Waals surface area contributed by atoms with E-state index in [1.165, 1.54) is 8.87 Å². The smallest absolute Gasteiger partial charge is 0.270 e. The average molecular weight is 533 g/mol. The SMILES string of the molecule is O=C(NCc1ccc(Cl)cc1)c1cc(CC2CC2)c2n(c1=O)CCN(CCN1CCCS1(=O)=O)C2=O. The number of aromatic nitrogens is 1. The molecule has 2 aromatic rings. The first-order valence-corrected chi connectivity index (χ1v) is 14.3. The number of hydrogen-bond donors (Lipinski definition) is 1. The van der Waals surface area contributed by atoms with Crippen LogP contribution in [0.5, 0.6) is 0 Å². The van der Waals surface area contributed by atoms with Crippen LogP contribution in [0.4, 0.5) is 0 Å². The third-order valence-electron chi connectivity index (χ3n) is 7.09. The number of carbonyl (C=O) groups is 2. The molecule has 1 aromatic carbocycles. The average Bonchev–Trinajstić information content (AvgIpc) is 3.60. The highest BCUT2D eigenvalue weighted by atomic mass is 35.5. The van der Waals surface area contributed by atoms with E-state index in [4.69, 9.17) is 11.6 Å². The number of sulfonamides is 1. The highest BCUT2D eigenvalue weighted by Crippen LogP contribution is 2.34.